The van der Waals surface area contributed by atoms with E-state index in [2.05, 4.69) is 425 Å². The van der Waals surface area contributed by atoms with Gasteiger partial charge in [-0.05, 0) is 282 Å². The summed E-state index contributed by atoms with van der Waals surface area (Å²) < 4.78 is 6.86. The lowest BCUT2D eigenvalue weighted by Gasteiger charge is -2.27. The Balaban J connectivity index is 0.000000123. The van der Waals surface area contributed by atoms with Crippen LogP contribution in [0.2, 0.25) is 0 Å². The first-order valence-electron chi connectivity index (χ1n) is 43.9. The SMILES string of the molecule is Cc1ccc(N(c2ccc(-c3ccccc3C)cc2)c2cccc3c2c2ccccc2n3-c2ccc(C#N)cc2)cc1.Cc1ccccc1-c1ccc(N(c2ccc(CO)cc2)c2cccc3c2c2ccccc2n3-c2ccc(C#N)cc2)cc1.N#Cc1ccc(-n2c3ccccc3c3c(N(c4ccc(-c5ccccc5)cc4)c4ccc(-c5ccccc5)cc4)cccc32)cc1. The van der Waals surface area contributed by atoms with Crippen LogP contribution in [0.1, 0.15) is 38.9 Å². The molecule has 0 aliphatic rings. The molecule has 3 aromatic heterocycles. The minimum atomic E-state index is -0.000927. The van der Waals surface area contributed by atoms with Crippen molar-refractivity contribution in [3.8, 4) is 79.8 Å². The number of benzene rings is 19. The molecule has 1 N–H and O–H groups in total. The van der Waals surface area contributed by atoms with Crippen molar-refractivity contribution >= 4 is 117 Å². The smallest absolute Gasteiger partial charge is 0.0991 e. The normalized spacial score (nSPS) is 11.1. The van der Waals surface area contributed by atoms with E-state index < -0.39 is 0 Å². The number of nitriles is 3. The third-order valence-corrected chi connectivity index (χ3v) is 24.8. The molecule has 0 aliphatic heterocycles. The van der Waals surface area contributed by atoms with Crippen LogP contribution in [0.4, 0.5) is 51.2 Å². The number of para-hydroxylation sites is 3. The number of hydrogen-bond donors (Lipinski definition) is 1. The molecule has 22 rings (SSSR count). The Morgan fingerprint density at radius 3 is 0.779 bits per heavy atom. The van der Waals surface area contributed by atoms with E-state index in [9.17, 15) is 20.9 Å². The van der Waals surface area contributed by atoms with Crippen LogP contribution in [0.25, 0.3) is 127 Å². The maximum Gasteiger partial charge on any atom is 0.0991 e. The molecule has 10 heteroatoms. The molecule has 0 unspecified atom stereocenters. The molecule has 0 spiro atoms. The first-order chi connectivity index (χ1) is 64.6. The van der Waals surface area contributed by atoms with Gasteiger partial charge in [-0.15, -0.1) is 0 Å². The molecule has 22 aromatic rings. The van der Waals surface area contributed by atoms with Crippen molar-refractivity contribution in [3.63, 3.8) is 0 Å². The van der Waals surface area contributed by atoms with Gasteiger partial charge in [0.25, 0.3) is 0 Å². The zero-order valence-electron chi connectivity index (χ0n) is 72.5. The summed E-state index contributed by atoms with van der Waals surface area (Å²) in [6.07, 6.45) is 0. The van der Waals surface area contributed by atoms with Crippen LogP contribution in [0.3, 0.4) is 0 Å². The Labute approximate surface area is 761 Å². The van der Waals surface area contributed by atoms with E-state index in [0.29, 0.717) is 16.7 Å². The number of anilines is 9. The van der Waals surface area contributed by atoms with Crippen molar-refractivity contribution in [2.75, 3.05) is 14.7 Å². The van der Waals surface area contributed by atoms with E-state index >= 15 is 0 Å². The molecule has 0 fully saturated rings. The molecule has 622 valence electrons. The van der Waals surface area contributed by atoms with Crippen molar-refractivity contribution in [1.82, 2.24) is 13.7 Å². The van der Waals surface area contributed by atoms with Gasteiger partial charge >= 0.3 is 0 Å². The van der Waals surface area contributed by atoms with Crippen molar-refractivity contribution < 1.29 is 5.11 Å². The van der Waals surface area contributed by atoms with Crippen molar-refractivity contribution in [1.29, 1.82) is 15.8 Å². The number of nitrogens with zero attached hydrogens (tertiary/aromatic N) is 9. The first kappa shape index (κ1) is 81.7. The first-order valence-corrected chi connectivity index (χ1v) is 43.9. The van der Waals surface area contributed by atoms with Crippen LogP contribution in [-0.2, 0) is 6.61 Å². The summed E-state index contributed by atoms with van der Waals surface area (Å²) in [6, 6.07) is 165. The topological polar surface area (TPSA) is 116 Å². The van der Waals surface area contributed by atoms with E-state index in [1.165, 1.54) is 82.7 Å². The number of fused-ring (bicyclic) bond motifs is 9. The molecule has 0 aliphatic carbocycles. The summed E-state index contributed by atoms with van der Waals surface area (Å²) in [5.74, 6) is 0. The zero-order valence-corrected chi connectivity index (χ0v) is 72.5. The molecule has 0 radical (unpaired) electrons. The summed E-state index contributed by atoms with van der Waals surface area (Å²) in [7, 11) is 0. The van der Waals surface area contributed by atoms with Gasteiger partial charge < -0.3 is 33.5 Å². The van der Waals surface area contributed by atoms with Gasteiger partial charge in [-0.1, -0.05) is 260 Å². The molecule has 0 saturated heterocycles. The molecular formula is C121H87N9O. The predicted octanol–water partition coefficient (Wildman–Crippen LogP) is 31.5. The largest absolute Gasteiger partial charge is 0.392 e. The van der Waals surface area contributed by atoms with Gasteiger partial charge in [-0.3, -0.25) is 0 Å². The second-order valence-corrected chi connectivity index (χ2v) is 32.8. The highest BCUT2D eigenvalue weighted by molar-refractivity contribution is 6.19. The highest BCUT2D eigenvalue weighted by Crippen LogP contribution is 2.49. The van der Waals surface area contributed by atoms with Gasteiger partial charge in [0.1, 0.15) is 0 Å². The molecule has 19 aromatic carbocycles. The quantitative estimate of drug-likeness (QED) is 0.0965. The summed E-state index contributed by atoms with van der Waals surface area (Å²) in [4.78, 5) is 7.01. The lowest BCUT2D eigenvalue weighted by atomic mass is 10.00. The molecule has 3 heterocycles. The van der Waals surface area contributed by atoms with Crippen LogP contribution in [0.15, 0.2) is 455 Å². The molecular weight excluding hydrogens is 1600 g/mol. The van der Waals surface area contributed by atoms with Crippen molar-refractivity contribution in [2.45, 2.75) is 27.4 Å². The maximum absolute atomic E-state index is 9.73. The van der Waals surface area contributed by atoms with E-state index in [1.54, 1.807) is 0 Å². The maximum atomic E-state index is 9.73. The Hall–Kier alpha value is -17.6. The lowest BCUT2D eigenvalue weighted by Crippen LogP contribution is -2.10. The monoisotopic (exact) mass is 1680 g/mol. The summed E-state index contributed by atoms with van der Waals surface area (Å²) in [5.41, 5.74) is 35.5. The average Bonchev–Trinajstić information content (AvgIpc) is 1.59. The van der Waals surface area contributed by atoms with Gasteiger partial charge in [-0.2, -0.15) is 15.8 Å². The fraction of sp³-hybridized carbons (Fsp3) is 0.0331. The molecule has 0 bridgehead atoms. The second kappa shape index (κ2) is 36.2. The minimum Gasteiger partial charge on any atom is -0.392 e. The van der Waals surface area contributed by atoms with Gasteiger partial charge in [0, 0.05) is 83.5 Å². The fourth-order valence-corrected chi connectivity index (χ4v) is 18.4. The van der Waals surface area contributed by atoms with Crippen molar-refractivity contribution in [3.05, 3.63) is 494 Å². The van der Waals surface area contributed by atoms with Crippen molar-refractivity contribution in [2.24, 2.45) is 0 Å². The van der Waals surface area contributed by atoms with Crippen LogP contribution in [0, 0.1) is 54.8 Å². The second-order valence-electron chi connectivity index (χ2n) is 32.8. The van der Waals surface area contributed by atoms with E-state index in [-0.39, 0.29) is 6.61 Å². The van der Waals surface area contributed by atoms with Crippen LogP contribution >= 0.6 is 0 Å². The van der Waals surface area contributed by atoms with Crippen LogP contribution in [-0.4, -0.2) is 18.8 Å². The predicted molar refractivity (Wildman–Crippen MR) is 542 cm³/mol. The standard InChI is InChI=1S/C43H29N3.C39H29N3O.C39H29N3/c44-30-31-18-24-38(25-19-31)46-40-15-8-7-14-39(40)43-41(16-9-17-42(43)46)45(36-26-20-34(21-27-36)32-10-3-1-4-11-32)37-28-22-35(23-29-37)33-12-5-2-6-13-33;1-27-7-2-3-8-34(27)30-17-23-32(24-18-30)41(31-21-15-29(26-43)16-22-31)37-11-6-12-38-39(37)35-9-4-5-10-36(35)42(38)33-19-13-28(25-40)14-20-33;1-27-14-20-31(21-15-27)41(32-24-18-30(19-25-32)34-9-4-3-8-28(34)2)37-12-7-13-38-39(37)35-10-5-6-11-36(35)42(38)33-22-16-29(26-40)17-23-33/h1-29H;2-24,43H,26H2,1H3;3-25H,1-2H3. The van der Waals surface area contributed by atoms with E-state index in [4.69, 9.17) is 0 Å². The molecule has 131 heavy (non-hydrogen) atoms. The number of hydrogen-bond acceptors (Lipinski definition) is 7. The zero-order chi connectivity index (χ0) is 88.8. The van der Waals surface area contributed by atoms with Gasteiger partial charge in [0.05, 0.1) is 91.7 Å². The minimum absolute atomic E-state index is 0.000927. The fourth-order valence-electron chi connectivity index (χ4n) is 18.4. The Morgan fingerprint density at radius 2 is 0.481 bits per heavy atom. The molecule has 10 nitrogen and oxygen atoms in total. The number of aryl methyl sites for hydroxylation is 3. The molecule has 0 atom stereocenters. The Bertz CT molecular complexity index is 7980. The third kappa shape index (κ3) is 15.9. The van der Waals surface area contributed by atoms with Crippen LogP contribution in [0.5, 0.6) is 0 Å². The highest BCUT2D eigenvalue weighted by atomic mass is 16.3. The average molecular weight is 1680 g/mol. The molecule has 0 amide bonds. The van der Waals surface area contributed by atoms with E-state index in [1.807, 2.05) is 97.1 Å². The number of aliphatic hydroxyl groups excluding tert-OH is 1. The van der Waals surface area contributed by atoms with Gasteiger partial charge in [0.2, 0.25) is 0 Å². The van der Waals surface area contributed by atoms with Crippen LogP contribution < -0.4 is 14.7 Å². The van der Waals surface area contributed by atoms with E-state index in [0.717, 1.165) is 118 Å². The number of aliphatic hydroxyl groups is 1. The third-order valence-electron chi connectivity index (χ3n) is 24.8. The van der Waals surface area contributed by atoms with Gasteiger partial charge in [0.15, 0.2) is 0 Å². The number of rotatable bonds is 17. The lowest BCUT2D eigenvalue weighted by molar-refractivity contribution is 0.282. The van der Waals surface area contributed by atoms with Gasteiger partial charge in [-0.25, -0.2) is 0 Å². The highest BCUT2D eigenvalue weighted by Gasteiger charge is 2.27. The molecule has 0 saturated carbocycles. The number of aromatic nitrogens is 3. The summed E-state index contributed by atoms with van der Waals surface area (Å²) in [5, 5.41) is 44.9. The Morgan fingerprint density at radius 1 is 0.229 bits per heavy atom. The summed E-state index contributed by atoms with van der Waals surface area (Å²) >= 11 is 0. The summed E-state index contributed by atoms with van der Waals surface area (Å²) in [6.45, 7) is 6.42. The Kier molecular flexibility index (Phi) is 22.6.